The number of fused-ring (bicyclic) bond motifs is 1. The van der Waals surface area contributed by atoms with Crippen molar-refractivity contribution in [3.63, 3.8) is 0 Å². The molecule has 0 aliphatic heterocycles. The fourth-order valence-electron chi connectivity index (χ4n) is 3.70. The van der Waals surface area contributed by atoms with E-state index in [-0.39, 0.29) is 5.91 Å². The van der Waals surface area contributed by atoms with E-state index in [2.05, 4.69) is 10.1 Å². The van der Waals surface area contributed by atoms with Gasteiger partial charge in [0.1, 0.15) is 0 Å². The standard InChI is InChI=1S/C25H20ClN5OS/c1-16-10-11-21(26)23-22(16)29-25(33-23)30(15-18-7-6-12-27-13-18)24(32)20-14-28-31(17(20)2)19-8-4-3-5-9-19/h3-14H,15H2,1-2H3. The highest BCUT2D eigenvalue weighted by Crippen LogP contribution is 2.36. The molecule has 0 spiro atoms. The zero-order chi connectivity index (χ0) is 22.9. The van der Waals surface area contributed by atoms with Crippen molar-refractivity contribution < 1.29 is 4.79 Å². The fourth-order valence-corrected chi connectivity index (χ4v) is 5.02. The molecule has 6 nitrogen and oxygen atoms in total. The maximum atomic E-state index is 13.8. The number of amides is 1. The number of hydrogen-bond donors (Lipinski definition) is 0. The summed E-state index contributed by atoms with van der Waals surface area (Å²) in [6, 6.07) is 17.4. The molecule has 0 unspecified atom stereocenters. The summed E-state index contributed by atoms with van der Waals surface area (Å²) in [6.45, 7) is 4.22. The van der Waals surface area contributed by atoms with Gasteiger partial charge in [-0.2, -0.15) is 5.10 Å². The average molecular weight is 474 g/mol. The molecular formula is C25H20ClN5OS. The van der Waals surface area contributed by atoms with Gasteiger partial charge in [-0.15, -0.1) is 0 Å². The molecule has 0 saturated carbocycles. The summed E-state index contributed by atoms with van der Waals surface area (Å²) in [5.74, 6) is -0.175. The van der Waals surface area contributed by atoms with E-state index in [1.165, 1.54) is 11.3 Å². The summed E-state index contributed by atoms with van der Waals surface area (Å²) in [5, 5.41) is 5.69. The number of nitrogens with zero attached hydrogens (tertiary/aromatic N) is 5. The van der Waals surface area contributed by atoms with E-state index in [9.17, 15) is 4.79 Å². The lowest BCUT2D eigenvalue weighted by molar-refractivity contribution is 0.0984. The van der Waals surface area contributed by atoms with Gasteiger partial charge in [0.25, 0.3) is 5.91 Å². The second-order valence-corrected chi connectivity index (χ2v) is 9.07. The number of thiazole rings is 1. The Balaban J connectivity index is 1.60. The molecule has 0 bridgehead atoms. The molecule has 33 heavy (non-hydrogen) atoms. The summed E-state index contributed by atoms with van der Waals surface area (Å²) in [4.78, 5) is 24.5. The number of para-hydroxylation sites is 1. The van der Waals surface area contributed by atoms with Gasteiger partial charge in [0, 0.05) is 12.4 Å². The topological polar surface area (TPSA) is 63.9 Å². The molecule has 0 N–H and O–H groups in total. The normalized spacial score (nSPS) is 11.1. The van der Waals surface area contributed by atoms with Crippen LogP contribution in [0.4, 0.5) is 5.13 Å². The first-order valence-electron chi connectivity index (χ1n) is 10.4. The molecule has 0 aliphatic carbocycles. The number of hydrogen-bond acceptors (Lipinski definition) is 5. The Labute approximate surface area is 200 Å². The van der Waals surface area contributed by atoms with E-state index in [1.807, 2.05) is 68.4 Å². The first-order chi connectivity index (χ1) is 16.0. The highest BCUT2D eigenvalue weighted by atomic mass is 35.5. The van der Waals surface area contributed by atoms with Gasteiger partial charge in [0.15, 0.2) is 5.13 Å². The number of carbonyl (C=O) groups excluding carboxylic acids is 1. The molecule has 0 fully saturated rings. The first-order valence-corrected chi connectivity index (χ1v) is 11.6. The number of aromatic nitrogens is 4. The lowest BCUT2D eigenvalue weighted by atomic mass is 10.2. The minimum absolute atomic E-state index is 0.175. The SMILES string of the molecule is Cc1ccc(Cl)c2sc(N(Cc3cccnc3)C(=O)c3cnn(-c4ccccc4)c3C)nc12. The van der Waals surface area contributed by atoms with Crippen LogP contribution in [-0.4, -0.2) is 25.7 Å². The van der Waals surface area contributed by atoms with E-state index < -0.39 is 0 Å². The van der Waals surface area contributed by atoms with Crippen molar-refractivity contribution in [1.29, 1.82) is 0 Å². The number of pyridine rings is 1. The summed E-state index contributed by atoms with van der Waals surface area (Å²) < 4.78 is 2.64. The van der Waals surface area contributed by atoms with Gasteiger partial charge in [-0.25, -0.2) is 9.67 Å². The van der Waals surface area contributed by atoms with E-state index in [4.69, 9.17) is 16.6 Å². The second-order valence-electron chi connectivity index (χ2n) is 7.68. The second kappa shape index (κ2) is 8.77. The van der Waals surface area contributed by atoms with Gasteiger partial charge in [-0.1, -0.05) is 53.3 Å². The van der Waals surface area contributed by atoms with Gasteiger partial charge in [0.05, 0.1) is 44.9 Å². The van der Waals surface area contributed by atoms with Crippen molar-refractivity contribution in [1.82, 2.24) is 19.7 Å². The van der Waals surface area contributed by atoms with Crippen LogP contribution in [0.15, 0.2) is 73.2 Å². The van der Waals surface area contributed by atoms with Crippen LogP contribution in [-0.2, 0) is 6.54 Å². The van der Waals surface area contributed by atoms with Gasteiger partial charge in [0.2, 0.25) is 0 Å². The maximum Gasteiger partial charge on any atom is 0.263 e. The third kappa shape index (κ3) is 4.01. The van der Waals surface area contributed by atoms with Gasteiger partial charge < -0.3 is 0 Å². The lowest BCUT2D eigenvalue weighted by Gasteiger charge is -2.20. The molecule has 0 aliphatic rings. The van der Waals surface area contributed by atoms with E-state index >= 15 is 0 Å². The van der Waals surface area contributed by atoms with Crippen LogP contribution in [0, 0.1) is 13.8 Å². The lowest BCUT2D eigenvalue weighted by Crippen LogP contribution is -2.30. The molecular weight excluding hydrogens is 454 g/mol. The third-order valence-corrected chi connectivity index (χ3v) is 7.01. The number of halogens is 1. The van der Waals surface area contributed by atoms with Crippen molar-refractivity contribution in [2.45, 2.75) is 20.4 Å². The van der Waals surface area contributed by atoms with Gasteiger partial charge in [-0.3, -0.25) is 14.7 Å². The Kier molecular flexibility index (Phi) is 5.66. The Morgan fingerprint density at radius 1 is 1.06 bits per heavy atom. The van der Waals surface area contributed by atoms with Crippen LogP contribution in [0.25, 0.3) is 15.9 Å². The monoisotopic (exact) mass is 473 g/mol. The molecule has 0 atom stereocenters. The largest absolute Gasteiger partial charge is 0.279 e. The fraction of sp³-hybridized carbons (Fsp3) is 0.120. The summed E-state index contributed by atoms with van der Waals surface area (Å²) in [5.41, 5.74) is 4.90. The molecule has 0 radical (unpaired) electrons. The molecule has 5 aromatic rings. The highest BCUT2D eigenvalue weighted by Gasteiger charge is 2.26. The van der Waals surface area contributed by atoms with E-state index in [0.29, 0.717) is 22.3 Å². The molecule has 3 aromatic heterocycles. The Bertz CT molecular complexity index is 1410. The number of benzene rings is 2. The number of anilines is 1. The smallest absolute Gasteiger partial charge is 0.263 e. The van der Waals surface area contributed by atoms with Crippen LogP contribution < -0.4 is 4.90 Å². The van der Waals surface area contributed by atoms with Crippen molar-refractivity contribution in [3.05, 3.63) is 101 Å². The summed E-state index contributed by atoms with van der Waals surface area (Å²) >= 11 is 7.86. The molecule has 5 rings (SSSR count). The number of carbonyl (C=O) groups is 1. The number of rotatable bonds is 5. The van der Waals surface area contributed by atoms with E-state index in [0.717, 1.165) is 32.7 Å². The minimum atomic E-state index is -0.175. The molecule has 2 aromatic carbocycles. The Morgan fingerprint density at radius 3 is 2.61 bits per heavy atom. The Hall–Kier alpha value is -3.55. The van der Waals surface area contributed by atoms with Crippen molar-refractivity contribution in [2.75, 3.05) is 4.90 Å². The zero-order valence-electron chi connectivity index (χ0n) is 18.1. The van der Waals surface area contributed by atoms with Gasteiger partial charge in [-0.05, 0) is 49.2 Å². The Morgan fingerprint density at radius 2 is 1.88 bits per heavy atom. The molecule has 8 heteroatoms. The quantitative estimate of drug-likeness (QED) is 0.314. The molecule has 164 valence electrons. The molecule has 0 saturated heterocycles. The minimum Gasteiger partial charge on any atom is -0.279 e. The summed E-state index contributed by atoms with van der Waals surface area (Å²) in [7, 11) is 0. The van der Waals surface area contributed by atoms with Gasteiger partial charge >= 0.3 is 0 Å². The summed E-state index contributed by atoms with van der Waals surface area (Å²) in [6.07, 6.45) is 5.09. The number of aryl methyl sites for hydroxylation is 1. The van der Waals surface area contributed by atoms with Crippen molar-refractivity contribution in [3.8, 4) is 5.69 Å². The molecule has 3 heterocycles. The van der Waals surface area contributed by atoms with Crippen LogP contribution in [0.2, 0.25) is 5.02 Å². The average Bonchev–Trinajstić information content (AvgIpc) is 3.46. The predicted octanol–water partition coefficient (Wildman–Crippen LogP) is 5.99. The molecule has 1 amide bonds. The predicted molar refractivity (Wildman–Crippen MR) is 132 cm³/mol. The zero-order valence-corrected chi connectivity index (χ0v) is 19.6. The van der Waals surface area contributed by atoms with E-state index in [1.54, 1.807) is 28.2 Å². The van der Waals surface area contributed by atoms with Crippen LogP contribution in [0.5, 0.6) is 0 Å². The van der Waals surface area contributed by atoms with Crippen molar-refractivity contribution in [2.24, 2.45) is 0 Å². The third-order valence-electron chi connectivity index (χ3n) is 5.47. The first kappa shape index (κ1) is 21.3. The van der Waals surface area contributed by atoms with Crippen molar-refractivity contribution >= 4 is 44.2 Å². The van der Waals surface area contributed by atoms with Crippen LogP contribution in [0.3, 0.4) is 0 Å². The maximum absolute atomic E-state index is 13.8. The highest BCUT2D eigenvalue weighted by molar-refractivity contribution is 7.23. The van der Waals surface area contributed by atoms with Crippen LogP contribution >= 0.6 is 22.9 Å². The van der Waals surface area contributed by atoms with Crippen LogP contribution in [0.1, 0.15) is 27.2 Å².